The van der Waals surface area contributed by atoms with Crippen molar-refractivity contribution in [3.8, 4) is 28.6 Å². The van der Waals surface area contributed by atoms with Crippen LogP contribution in [0.3, 0.4) is 0 Å². The largest absolute Gasteiger partial charge is 0.453 e. The number of hydrogen-bond donors (Lipinski definition) is 0. The van der Waals surface area contributed by atoms with Gasteiger partial charge in [-0.1, -0.05) is 103 Å². The molecular formula is C38H24N4O. The molecule has 9 rings (SSSR count). The Labute approximate surface area is 247 Å². The van der Waals surface area contributed by atoms with E-state index in [-0.39, 0.29) is 0 Å². The third-order valence-corrected chi connectivity index (χ3v) is 8.21. The van der Waals surface area contributed by atoms with E-state index in [9.17, 15) is 0 Å². The van der Waals surface area contributed by atoms with E-state index in [1.54, 1.807) is 0 Å². The number of ether oxygens (including phenoxy) is 1. The Hall–Kier alpha value is -5.94. The van der Waals surface area contributed by atoms with Crippen LogP contribution in [-0.4, -0.2) is 14.5 Å². The first-order valence-electron chi connectivity index (χ1n) is 14.4. The molecule has 8 aromatic rings. The number of para-hydroxylation sites is 6. The Balaban J connectivity index is 1.39. The van der Waals surface area contributed by atoms with Crippen molar-refractivity contribution in [2.45, 2.75) is 0 Å². The minimum absolute atomic E-state index is 0.575. The SMILES string of the molecule is c1ccc2c(c1)Oc1ccccc1N2c1nc(-c2cccc3ccccc23)cc(-n2c3ccccc3c3ccccc32)n1. The number of aromatic nitrogens is 3. The van der Waals surface area contributed by atoms with Crippen molar-refractivity contribution in [1.82, 2.24) is 14.5 Å². The first kappa shape index (κ1) is 23.7. The van der Waals surface area contributed by atoms with Gasteiger partial charge in [-0.3, -0.25) is 9.47 Å². The molecule has 5 heteroatoms. The zero-order chi connectivity index (χ0) is 28.3. The highest BCUT2D eigenvalue weighted by Crippen LogP contribution is 2.49. The van der Waals surface area contributed by atoms with Crippen molar-refractivity contribution < 1.29 is 4.74 Å². The second-order valence-corrected chi connectivity index (χ2v) is 10.7. The molecule has 0 bridgehead atoms. The fraction of sp³-hybridized carbons (Fsp3) is 0. The number of benzene rings is 6. The second kappa shape index (κ2) is 9.29. The van der Waals surface area contributed by atoms with Crippen molar-refractivity contribution in [1.29, 1.82) is 0 Å². The van der Waals surface area contributed by atoms with Crippen LogP contribution in [0.4, 0.5) is 17.3 Å². The van der Waals surface area contributed by atoms with Crippen LogP contribution in [0.25, 0.3) is 49.7 Å². The summed E-state index contributed by atoms with van der Waals surface area (Å²) in [6.07, 6.45) is 0. The Kier molecular flexibility index (Phi) is 5.13. The summed E-state index contributed by atoms with van der Waals surface area (Å²) in [6.45, 7) is 0. The molecule has 0 atom stereocenters. The summed E-state index contributed by atoms with van der Waals surface area (Å²) >= 11 is 0. The van der Waals surface area contributed by atoms with Crippen LogP contribution in [0.2, 0.25) is 0 Å². The van der Waals surface area contributed by atoms with Gasteiger partial charge in [-0.05, 0) is 47.2 Å². The van der Waals surface area contributed by atoms with Crippen LogP contribution in [-0.2, 0) is 0 Å². The molecule has 0 unspecified atom stereocenters. The van der Waals surface area contributed by atoms with E-state index in [0.29, 0.717) is 5.95 Å². The lowest BCUT2D eigenvalue weighted by Gasteiger charge is -2.31. The second-order valence-electron chi connectivity index (χ2n) is 10.7. The molecule has 0 fully saturated rings. The van der Waals surface area contributed by atoms with E-state index in [1.807, 2.05) is 36.4 Å². The number of fused-ring (bicyclic) bond motifs is 6. The Bertz CT molecular complexity index is 2250. The fourth-order valence-corrected chi connectivity index (χ4v) is 6.31. The first-order chi connectivity index (χ1) is 21.3. The zero-order valence-electron chi connectivity index (χ0n) is 23.1. The maximum absolute atomic E-state index is 6.32. The highest BCUT2D eigenvalue weighted by atomic mass is 16.5. The van der Waals surface area contributed by atoms with Gasteiger partial charge in [-0.25, -0.2) is 4.98 Å². The summed E-state index contributed by atoms with van der Waals surface area (Å²) in [4.78, 5) is 12.7. The smallest absolute Gasteiger partial charge is 0.237 e. The quantitative estimate of drug-likeness (QED) is 0.219. The van der Waals surface area contributed by atoms with Crippen LogP contribution >= 0.6 is 0 Å². The summed E-state index contributed by atoms with van der Waals surface area (Å²) in [5, 5.41) is 4.69. The van der Waals surface area contributed by atoms with Gasteiger partial charge in [-0.15, -0.1) is 0 Å². The van der Waals surface area contributed by atoms with Crippen LogP contribution in [0.1, 0.15) is 0 Å². The van der Waals surface area contributed by atoms with E-state index < -0.39 is 0 Å². The molecule has 5 nitrogen and oxygen atoms in total. The van der Waals surface area contributed by atoms with Gasteiger partial charge in [0.2, 0.25) is 5.95 Å². The van der Waals surface area contributed by atoms with E-state index >= 15 is 0 Å². The summed E-state index contributed by atoms with van der Waals surface area (Å²) in [7, 11) is 0. The predicted molar refractivity (Wildman–Crippen MR) is 174 cm³/mol. The molecule has 0 saturated carbocycles. The normalized spacial score (nSPS) is 12.3. The summed E-state index contributed by atoms with van der Waals surface area (Å²) < 4.78 is 8.57. The average molecular weight is 553 g/mol. The van der Waals surface area contributed by atoms with Crippen LogP contribution in [0.5, 0.6) is 11.5 Å². The van der Waals surface area contributed by atoms with Gasteiger partial charge in [0.05, 0.1) is 28.1 Å². The lowest BCUT2D eigenvalue weighted by Crippen LogP contribution is -2.19. The lowest BCUT2D eigenvalue weighted by molar-refractivity contribution is 0.476. The molecule has 0 aliphatic carbocycles. The van der Waals surface area contributed by atoms with Gasteiger partial charge >= 0.3 is 0 Å². The minimum Gasteiger partial charge on any atom is -0.453 e. The van der Waals surface area contributed by atoms with Crippen LogP contribution < -0.4 is 9.64 Å². The number of hydrogen-bond acceptors (Lipinski definition) is 4. The third kappa shape index (κ3) is 3.65. The van der Waals surface area contributed by atoms with Crippen molar-refractivity contribution in [2.75, 3.05) is 4.90 Å². The van der Waals surface area contributed by atoms with E-state index in [4.69, 9.17) is 14.7 Å². The molecular weight excluding hydrogens is 528 g/mol. The fourth-order valence-electron chi connectivity index (χ4n) is 6.31. The molecule has 202 valence electrons. The molecule has 0 spiro atoms. The van der Waals surface area contributed by atoms with E-state index in [2.05, 4.69) is 119 Å². The first-order valence-corrected chi connectivity index (χ1v) is 14.4. The van der Waals surface area contributed by atoms with Crippen molar-refractivity contribution in [2.24, 2.45) is 0 Å². The Morgan fingerprint density at radius 2 is 1.05 bits per heavy atom. The monoisotopic (exact) mass is 552 g/mol. The molecule has 6 aromatic carbocycles. The van der Waals surface area contributed by atoms with Crippen molar-refractivity contribution in [3.05, 3.63) is 146 Å². The molecule has 0 radical (unpaired) electrons. The molecule has 0 amide bonds. The molecule has 1 aliphatic heterocycles. The highest BCUT2D eigenvalue weighted by molar-refractivity contribution is 6.09. The highest BCUT2D eigenvalue weighted by Gasteiger charge is 2.28. The lowest BCUT2D eigenvalue weighted by atomic mass is 10.0. The third-order valence-electron chi connectivity index (χ3n) is 8.21. The molecule has 0 N–H and O–H groups in total. The average Bonchev–Trinajstić information content (AvgIpc) is 3.41. The maximum atomic E-state index is 6.32. The Morgan fingerprint density at radius 3 is 1.74 bits per heavy atom. The Morgan fingerprint density at radius 1 is 0.488 bits per heavy atom. The predicted octanol–water partition coefficient (Wildman–Crippen LogP) is 9.97. The number of nitrogens with zero attached hydrogens (tertiary/aromatic N) is 4. The summed E-state index contributed by atoms with van der Waals surface area (Å²) in [6, 6.07) is 50.1. The van der Waals surface area contributed by atoms with Gasteiger partial charge in [0, 0.05) is 22.4 Å². The topological polar surface area (TPSA) is 43.2 Å². The zero-order valence-corrected chi connectivity index (χ0v) is 23.1. The van der Waals surface area contributed by atoms with Gasteiger partial charge in [0.25, 0.3) is 0 Å². The van der Waals surface area contributed by atoms with Gasteiger partial charge < -0.3 is 4.74 Å². The minimum atomic E-state index is 0.575. The number of anilines is 3. The van der Waals surface area contributed by atoms with Gasteiger partial charge in [0.15, 0.2) is 11.5 Å². The van der Waals surface area contributed by atoms with Crippen molar-refractivity contribution in [3.63, 3.8) is 0 Å². The van der Waals surface area contributed by atoms with Crippen LogP contribution in [0, 0.1) is 0 Å². The van der Waals surface area contributed by atoms with Crippen molar-refractivity contribution >= 4 is 49.9 Å². The van der Waals surface area contributed by atoms with Gasteiger partial charge in [-0.2, -0.15) is 4.98 Å². The van der Waals surface area contributed by atoms with Crippen LogP contribution in [0.15, 0.2) is 146 Å². The standard InChI is InChI=1S/C38H24N4O/c1-2-14-26-25(12-1)13-11-17-27(26)30-24-37(41-31-18-5-3-15-28(31)29-16-4-6-19-32(29)41)40-38(39-30)42-33-20-7-9-22-35(33)43-36-23-10-8-21-34(36)42/h1-24H. The summed E-state index contributed by atoms with van der Waals surface area (Å²) in [5.74, 6) is 2.90. The van der Waals surface area contributed by atoms with E-state index in [0.717, 1.165) is 56.4 Å². The number of rotatable bonds is 3. The van der Waals surface area contributed by atoms with Gasteiger partial charge in [0.1, 0.15) is 5.82 Å². The van der Waals surface area contributed by atoms with E-state index in [1.165, 1.54) is 16.2 Å². The molecule has 3 heterocycles. The molecule has 2 aromatic heterocycles. The molecule has 1 aliphatic rings. The summed E-state index contributed by atoms with van der Waals surface area (Å²) in [5.41, 5.74) is 5.88. The molecule has 43 heavy (non-hydrogen) atoms. The maximum Gasteiger partial charge on any atom is 0.237 e. The molecule has 0 saturated heterocycles.